The maximum Gasteiger partial charge on any atom is 0.0414 e. The minimum atomic E-state index is -0.0450. The number of benzene rings is 17. The molecular formula is C65H10. The zero-order valence-corrected chi connectivity index (χ0v) is 34.1. The van der Waals surface area contributed by atoms with Gasteiger partial charge in [0, 0.05) is 10.8 Å². The summed E-state index contributed by atoms with van der Waals surface area (Å²) in [5.74, 6) is 0.517. The molecule has 28 aromatic rings. The highest BCUT2D eigenvalue weighted by Gasteiger charge is 2.88. The summed E-state index contributed by atoms with van der Waals surface area (Å²) in [7, 11) is 0. The van der Waals surface area contributed by atoms with Crippen LogP contribution in [0.15, 0.2) is 0 Å². The highest BCUT2D eigenvalue weighted by molar-refractivity contribution is 6.82. The zero-order valence-electron chi connectivity index (χ0n) is 34.1. The Morgan fingerprint density at radius 1 is 0.169 bits per heavy atom. The van der Waals surface area contributed by atoms with Crippen LogP contribution in [0, 0.1) is 11.3 Å². The fourth-order valence-corrected chi connectivity index (χ4v) is 25.7. The van der Waals surface area contributed by atoms with Crippen LogP contribution in [0.4, 0.5) is 0 Å². The number of rotatable bonds is 0. The summed E-state index contributed by atoms with van der Waals surface area (Å²) in [6.07, 6.45) is 0. The summed E-state index contributed by atoms with van der Waals surface area (Å²) in [6.45, 7) is 8.05. The maximum atomic E-state index is 2.68. The summed E-state index contributed by atoms with van der Waals surface area (Å²) in [5, 5.41) is 91.8. The molecule has 0 N–H and O–H groups in total. The molecule has 0 nitrogen and oxygen atoms in total. The molecule has 0 heteroatoms. The van der Waals surface area contributed by atoms with E-state index < -0.39 is 0 Å². The average Bonchev–Trinajstić information content (AvgIpc) is 4.13. The Balaban J connectivity index is 1.27. The third-order valence-electron chi connectivity index (χ3n) is 25.1. The van der Waals surface area contributed by atoms with Gasteiger partial charge in [-0.1, -0.05) is 20.8 Å². The van der Waals surface area contributed by atoms with E-state index in [1.807, 2.05) is 22.3 Å². The SMILES string of the molecule is CC(C)(C)C1C23c4c5c6c7c8c9c(c%10c%11c2c2c%12c4c4c%13c5c5c7c7c8c8c%14c9c%10c9c%10c%11c2c2c%11c%12c4c4c%12c%13c5c5c7c7c8c8c%14c9c9c%10c2c2c%11c4c4c%12c5c7c5c8c9c2c45)C613. The Morgan fingerprint density at radius 2 is 0.277 bits per heavy atom. The van der Waals surface area contributed by atoms with E-state index in [4.69, 9.17) is 0 Å². The molecule has 1 saturated carbocycles. The molecule has 5 aliphatic rings. The molecule has 1 fully saturated rings. The molecular weight excluding hydrogens is 781 g/mol. The summed E-state index contributed by atoms with van der Waals surface area (Å²) >= 11 is 0. The number of hydrogen-bond acceptors (Lipinski definition) is 0. The van der Waals surface area contributed by atoms with E-state index in [-0.39, 0.29) is 16.2 Å². The first kappa shape index (κ1) is 23.4. The molecule has 0 aliphatic heterocycles. The molecule has 0 amide bonds. The van der Waals surface area contributed by atoms with Crippen LogP contribution < -0.4 is 0 Å². The first-order valence-corrected chi connectivity index (χ1v) is 24.9. The minimum absolute atomic E-state index is 0.0450. The van der Waals surface area contributed by atoms with Crippen molar-refractivity contribution in [2.24, 2.45) is 11.3 Å². The standard InChI is InChI=1S/C65H10/c1-63(2,3)62-64-58-51-44-32-24-15-6-4-5-7-10(6)19-26(24)34-35-27(19)25-16(7)18-14-9(5)12-11-8(4)13-17(15)30(32)38-36-22(13)20(11)28-29-21(12)23(14)37-39-31(18)33(25)45-47(35)56(55(58)46(34)44)59-52(45)50(39)54-43(37)41(29)48-40(28)42(36)53(49(38)51)60(64)57(48)61(54)65(59,62)64/h62H,1-3H3. The van der Waals surface area contributed by atoms with Gasteiger partial charge in [0.15, 0.2) is 0 Å². The maximum absolute atomic E-state index is 2.68. The van der Waals surface area contributed by atoms with Crippen LogP contribution in [0.3, 0.4) is 0 Å². The molecule has 28 aromatic carbocycles. The highest BCUT2D eigenvalue weighted by atomic mass is 14.9. The molecule has 2 spiro atoms. The van der Waals surface area contributed by atoms with Gasteiger partial charge in [-0.2, -0.15) is 0 Å². The van der Waals surface area contributed by atoms with Gasteiger partial charge >= 0.3 is 0 Å². The second-order valence-corrected chi connectivity index (χ2v) is 26.2. The van der Waals surface area contributed by atoms with Crippen LogP contribution in [-0.4, -0.2) is 0 Å². The molecule has 0 aromatic heterocycles. The van der Waals surface area contributed by atoms with Gasteiger partial charge in [0.25, 0.3) is 0 Å². The minimum Gasteiger partial charge on any atom is -0.0598 e. The predicted molar refractivity (Wildman–Crippen MR) is 277 cm³/mol. The Kier molecular flexibility index (Phi) is 1.78. The fraction of sp³-hybridized carbons (Fsp3) is 0.108. The van der Waals surface area contributed by atoms with Crippen molar-refractivity contribution in [3.05, 3.63) is 22.3 Å². The second kappa shape index (κ2) is 4.94. The Hall–Kier alpha value is -7.54. The Morgan fingerprint density at radius 3 is 0.446 bits per heavy atom. The van der Waals surface area contributed by atoms with E-state index in [9.17, 15) is 0 Å². The van der Waals surface area contributed by atoms with Crippen LogP contribution in [-0.2, 0) is 10.8 Å². The summed E-state index contributed by atoms with van der Waals surface area (Å²) in [6, 6.07) is 0. The molecule has 0 heterocycles. The lowest BCUT2D eigenvalue weighted by Gasteiger charge is -2.31. The fourth-order valence-electron chi connectivity index (χ4n) is 25.7. The van der Waals surface area contributed by atoms with Crippen molar-refractivity contribution >= 4 is 291 Å². The van der Waals surface area contributed by atoms with Crippen molar-refractivity contribution in [1.29, 1.82) is 0 Å². The third-order valence-corrected chi connectivity index (χ3v) is 25.1. The zero-order chi connectivity index (χ0) is 38.6. The lowest BCUT2D eigenvalue weighted by Crippen LogP contribution is -2.25. The van der Waals surface area contributed by atoms with Crippen LogP contribution in [0.1, 0.15) is 43.0 Å². The van der Waals surface area contributed by atoms with Crippen molar-refractivity contribution in [3.63, 3.8) is 0 Å². The van der Waals surface area contributed by atoms with Crippen molar-refractivity contribution < 1.29 is 0 Å². The monoisotopic (exact) mass is 790 g/mol. The van der Waals surface area contributed by atoms with Gasteiger partial charge in [-0.05, 0) is 324 Å². The second-order valence-electron chi connectivity index (χ2n) is 26.2. The largest absolute Gasteiger partial charge is 0.0598 e. The van der Waals surface area contributed by atoms with Gasteiger partial charge in [0.1, 0.15) is 0 Å². The summed E-state index contributed by atoms with van der Waals surface area (Å²) in [5.41, 5.74) is 7.38. The first-order chi connectivity index (χ1) is 32.1. The first-order valence-electron chi connectivity index (χ1n) is 24.9. The molecule has 0 bridgehead atoms. The molecule has 2 unspecified atom stereocenters. The highest BCUT2D eigenvalue weighted by Crippen LogP contribution is 2.94. The smallest absolute Gasteiger partial charge is 0.0414 e. The van der Waals surface area contributed by atoms with Crippen molar-refractivity contribution in [2.45, 2.75) is 31.6 Å². The Bertz CT molecular complexity index is 6780. The van der Waals surface area contributed by atoms with E-state index in [1.165, 1.54) is 0 Å². The molecule has 5 aliphatic carbocycles. The van der Waals surface area contributed by atoms with Gasteiger partial charge in [-0.3, -0.25) is 0 Å². The quantitative estimate of drug-likeness (QED) is 0.134. The van der Waals surface area contributed by atoms with E-state index >= 15 is 0 Å². The summed E-state index contributed by atoms with van der Waals surface area (Å²) in [4.78, 5) is 0. The Labute approximate surface area is 354 Å². The van der Waals surface area contributed by atoms with Crippen LogP contribution >= 0.6 is 0 Å². The van der Waals surface area contributed by atoms with Gasteiger partial charge in [-0.25, -0.2) is 0 Å². The lowest BCUT2D eigenvalue weighted by molar-refractivity contribution is 0.314. The molecule has 65 heavy (non-hydrogen) atoms. The van der Waals surface area contributed by atoms with Gasteiger partial charge in [-0.15, -0.1) is 0 Å². The van der Waals surface area contributed by atoms with E-state index in [0.717, 1.165) is 0 Å². The van der Waals surface area contributed by atoms with E-state index in [2.05, 4.69) is 20.8 Å². The van der Waals surface area contributed by atoms with Gasteiger partial charge in [0.05, 0.1) is 0 Å². The van der Waals surface area contributed by atoms with Crippen LogP contribution in [0.5, 0.6) is 0 Å². The van der Waals surface area contributed by atoms with E-state index in [1.54, 1.807) is 291 Å². The topological polar surface area (TPSA) is 0 Å². The number of hydrogen-bond donors (Lipinski definition) is 0. The normalized spacial score (nSPS) is 24.5. The molecule has 2 atom stereocenters. The van der Waals surface area contributed by atoms with Crippen molar-refractivity contribution in [3.8, 4) is 0 Å². The average molecular weight is 791 g/mol. The third kappa shape index (κ3) is 1.15. The molecule has 0 saturated heterocycles. The molecule has 33 rings (SSSR count). The van der Waals surface area contributed by atoms with Crippen molar-refractivity contribution in [2.75, 3.05) is 0 Å². The van der Waals surface area contributed by atoms with Gasteiger partial charge < -0.3 is 0 Å². The van der Waals surface area contributed by atoms with E-state index in [0.29, 0.717) is 5.92 Å². The molecule has 0 radical (unpaired) electrons. The van der Waals surface area contributed by atoms with Crippen LogP contribution in [0.2, 0.25) is 0 Å². The predicted octanol–water partition coefficient (Wildman–Crippen LogP) is 18.0. The van der Waals surface area contributed by atoms with Crippen LogP contribution in [0.25, 0.3) is 291 Å². The molecule has 270 valence electrons. The lowest BCUT2D eigenvalue weighted by atomic mass is 9.69. The summed E-state index contributed by atoms with van der Waals surface area (Å²) < 4.78 is 0. The van der Waals surface area contributed by atoms with Crippen molar-refractivity contribution in [1.82, 2.24) is 0 Å². The van der Waals surface area contributed by atoms with Gasteiger partial charge in [0.2, 0.25) is 0 Å².